The molecule has 2 amide bonds. The maximum absolute atomic E-state index is 14.2. The fourth-order valence-electron chi connectivity index (χ4n) is 2.50. The number of halogens is 1. The number of piperazine rings is 1. The minimum absolute atomic E-state index is 0.0692. The lowest BCUT2D eigenvalue weighted by molar-refractivity contribution is -0.134. The molecular formula is C15H19FN2O3. The molecule has 0 aliphatic carbocycles. The average Bonchev–Trinajstić information content (AvgIpc) is 2.43. The number of rotatable bonds is 3. The third-order valence-electron chi connectivity index (χ3n) is 3.56. The van der Waals surface area contributed by atoms with Gasteiger partial charge in [0.2, 0.25) is 11.8 Å². The third-order valence-corrected chi connectivity index (χ3v) is 3.56. The van der Waals surface area contributed by atoms with Gasteiger partial charge in [0.15, 0.2) is 0 Å². The Bertz CT molecular complexity index is 574. The summed E-state index contributed by atoms with van der Waals surface area (Å²) in [6.07, 6.45) is 0. The largest absolute Gasteiger partial charge is 0.497 e. The number of hydrogen-bond donors (Lipinski definition) is 1. The summed E-state index contributed by atoms with van der Waals surface area (Å²) in [5.41, 5.74) is 0.0692. The van der Waals surface area contributed by atoms with Crippen LogP contribution in [-0.4, -0.2) is 31.0 Å². The van der Waals surface area contributed by atoms with Gasteiger partial charge in [0, 0.05) is 6.07 Å². The van der Waals surface area contributed by atoms with Crippen LogP contribution in [0.4, 0.5) is 10.1 Å². The van der Waals surface area contributed by atoms with Crippen LogP contribution in [-0.2, 0) is 9.59 Å². The molecule has 1 heterocycles. The topological polar surface area (TPSA) is 58.6 Å². The predicted molar refractivity (Wildman–Crippen MR) is 76.7 cm³/mol. The number of hydrogen-bond acceptors (Lipinski definition) is 3. The summed E-state index contributed by atoms with van der Waals surface area (Å²) < 4.78 is 19.3. The van der Waals surface area contributed by atoms with E-state index in [4.69, 9.17) is 4.74 Å². The van der Waals surface area contributed by atoms with Crippen LogP contribution in [0.2, 0.25) is 0 Å². The molecule has 114 valence electrons. The second-order valence-electron chi connectivity index (χ2n) is 5.44. The maximum Gasteiger partial charge on any atom is 0.250 e. The lowest BCUT2D eigenvalue weighted by Crippen LogP contribution is -2.64. The van der Waals surface area contributed by atoms with Crippen molar-refractivity contribution in [2.75, 3.05) is 12.0 Å². The Morgan fingerprint density at radius 2 is 2.00 bits per heavy atom. The first-order valence-corrected chi connectivity index (χ1v) is 6.83. The van der Waals surface area contributed by atoms with E-state index in [9.17, 15) is 14.0 Å². The summed E-state index contributed by atoms with van der Waals surface area (Å²) in [6, 6.07) is 2.72. The van der Waals surface area contributed by atoms with Gasteiger partial charge >= 0.3 is 0 Å². The Kier molecular flexibility index (Phi) is 4.16. The molecule has 0 aromatic heterocycles. The van der Waals surface area contributed by atoms with Gasteiger partial charge in [-0.3, -0.25) is 14.5 Å². The highest BCUT2D eigenvalue weighted by Crippen LogP contribution is 2.30. The summed E-state index contributed by atoms with van der Waals surface area (Å²) in [7, 11) is 1.46. The molecule has 1 fully saturated rings. The molecule has 2 rings (SSSR count). The molecule has 1 aliphatic rings. The third kappa shape index (κ3) is 2.70. The highest BCUT2D eigenvalue weighted by molar-refractivity contribution is 6.08. The summed E-state index contributed by atoms with van der Waals surface area (Å²) in [5.74, 6) is -0.885. The van der Waals surface area contributed by atoms with Gasteiger partial charge in [0.25, 0.3) is 0 Å². The Hall–Kier alpha value is -2.11. The molecule has 0 spiro atoms. The SMILES string of the molecule is COc1ccc(F)c(N2C(=O)C(C)NC(=O)C2C(C)C)c1. The molecule has 5 nitrogen and oxygen atoms in total. The number of amides is 2. The van der Waals surface area contributed by atoms with Gasteiger partial charge in [-0.15, -0.1) is 0 Å². The molecule has 1 aliphatic heterocycles. The van der Waals surface area contributed by atoms with Crippen molar-refractivity contribution in [1.82, 2.24) is 5.32 Å². The van der Waals surface area contributed by atoms with E-state index in [1.165, 1.54) is 30.2 Å². The highest BCUT2D eigenvalue weighted by Gasteiger charge is 2.42. The van der Waals surface area contributed by atoms with Crippen LogP contribution in [0.5, 0.6) is 5.75 Å². The van der Waals surface area contributed by atoms with Crippen molar-refractivity contribution in [3.05, 3.63) is 24.0 Å². The number of benzene rings is 1. The molecule has 0 bridgehead atoms. The standard InChI is InChI=1S/C15H19FN2O3/c1-8(2)13-14(19)17-9(3)15(20)18(13)12-7-10(21-4)5-6-11(12)16/h5-9,13H,1-4H3,(H,17,19). The molecular weight excluding hydrogens is 275 g/mol. The van der Waals surface area contributed by atoms with Crippen molar-refractivity contribution in [2.45, 2.75) is 32.9 Å². The predicted octanol–water partition coefficient (Wildman–Crippen LogP) is 1.71. The minimum Gasteiger partial charge on any atom is -0.497 e. The van der Waals surface area contributed by atoms with Gasteiger partial charge in [-0.2, -0.15) is 0 Å². The van der Waals surface area contributed by atoms with E-state index < -0.39 is 17.9 Å². The molecule has 21 heavy (non-hydrogen) atoms. The maximum atomic E-state index is 14.2. The van der Waals surface area contributed by atoms with Crippen LogP contribution < -0.4 is 15.0 Å². The van der Waals surface area contributed by atoms with E-state index in [0.717, 1.165) is 0 Å². The first-order valence-electron chi connectivity index (χ1n) is 6.83. The van der Waals surface area contributed by atoms with E-state index in [0.29, 0.717) is 5.75 Å². The van der Waals surface area contributed by atoms with Gasteiger partial charge in [0.1, 0.15) is 23.7 Å². The quantitative estimate of drug-likeness (QED) is 0.923. The van der Waals surface area contributed by atoms with Crippen molar-refractivity contribution in [1.29, 1.82) is 0 Å². The molecule has 1 aromatic carbocycles. The number of nitrogens with zero attached hydrogens (tertiary/aromatic N) is 1. The molecule has 2 unspecified atom stereocenters. The summed E-state index contributed by atoms with van der Waals surface area (Å²) in [5, 5.41) is 2.62. The van der Waals surface area contributed by atoms with E-state index >= 15 is 0 Å². The first-order chi connectivity index (χ1) is 9.86. The van der Waals surface area contributed by atoms with Gasteiger partial charge in [-0.05, 0) is 25.0 Å². The smallest absolute Gasteiger partial charge is 0.250 e. The number of ether oxygens (including phenoxy) is 1. The van der Waals surface area contributed by atoms with Crippen LogP contribution in [0.15, 0.2) is 18.2 Å². The number of methoxy groups -OCH3 is 1. The van der Waals surface area contributed by atoms with E-state index in [2.05, 4.69) is 5.32 Å². The number of carbonyl (C=O) groups is 2. The fraction of sp³-hybridized carbons (Fsp3) is 0.467. The number of carbonyl (C=O) groups excluding carboxylic acids is 2. The Morgan fingerprint density at radius 3 is 2.57 bits per heavy atom. The average molecular weight is 294 g/mol. The van der Waals surface area contributed by atoms with Crippen LogP contribution in [0, 0.1) is 11.7 Å². The van der Waals surface area contributed by atoms with Crippen LogP contribution in [0.25, 0.3) is 0 Å². The van der Waals surface area contributed by atoms with Gasteiger partial charge in [-0.25, -0.2) is 4.39 Å². The summed E-state index contributed by atoms with van der Waals surface area (Å²) >= 11 is 0. The summed E-state index contributed by atoms with van der Waals surface area (Å²) in [4.78, 5) is 25.9. The highest BCUT2D eigenvalue weighted by atomic mass is 19.1. The monoisotopic (exact) mass is 294 g/mol. The van der Waals surface area contributed by atoms with Gasteiger partial charge in [-0.1, -0.05) is 13.8 Å². The van der Waals surface area contributed by atoms with Crippen molar-refractivity contribution in [2.24, 2.45) is 5.92 Å². The number of anilines is 1. The molecule has 1 aromatic rings. The minimum atomic E-state index is -0.740. The molecule has 6 heteroatoms. The zero-order chi connectivity index (χ0) is 15.7. The van der Waals surface area contributed by atoms with Crippen molar-refractivity contribution < 1.29 is 18.7 Å². The first kappa shape index (κ1) is 15.3. The molecule has 0 radical (unpaired) electrons. The Balaban J connectivity index is 2.55. The fourth-order valence-corrected chi connectivity index (χ4v) is 2.50. The molecule has 0 saturated carbocycles. The van der Waals surface area contributed by atoms with Crippen LogP contribution >= 0.6 is 0 Å². The molecule has 2 atom stereocenters. The Labute approximate surface area is 123 Å². The summed E-state index contributed by atoms with van der Waals surface area (Å²) in [6.45, 7) is 5.22. The van der Waals surface area contributed by atoms with Crippen molar-refractivity contribution in [3.8, 4) is 5.75 Å². The van der Waals surface area contributed by atoms with Gasteiger partial charge < -0.3 is 10.1 Å². The van der Waals surface area contributed by atoms with Crippen LogP contribution in [0.1, 0.15) is 20.8 Å². The second kappa shape index (κ2) is 5.71. The number of nitrogens with one attached hydrogen (secondary N) is 1. The van der Waals surface area contributed by atoms with Crippen molar-refractivity contribution >= 4 is 17.5 Å². The molecule has 1 N–H and O–H groups in total. The van der Waals surface area contributed by atoms with Gasteiger partial charge in [0.05, 0.1) is 12.8 Å². The zero-order valence-electron chi connectivity index (χ0n) is 12.5. The van der Waals surface area contributed by atoms with Crippen molar-refractivity contribution in [3.63, 3.8) is 0 Å². The molecule has 1 saturated heterocycles. The second-order valence-corrected chi connectivity index (χ2v) is 5.44. The lowest BCUT2D eigenvalue weighted by atomic mass is 9.96. The Morgan fingerprint density at radius 1 is 1.33 bits per heavy atom. The van der Waals surface area contributed by atoms with Crippen LogP contribution in [0.3, 0.4) is 0 Å². The van der Waals surface area contributed by atoms with E-state index in [1.807, 2.05) is 13.8 Å². The lowest BCUT2D eigenvalue weighted by Gasteiger charge is -2.40. The zero-order valence-corrected chi connectivity index (χ0v) is 12.5. The van der Waals surface area contributed by atoms with E-state index in [-0.39, 0.29) is 23.4 Å². The van der Waals surface area contributed by atoms with E-state index in [1.54, 1.807) is 6.92 Å². The normalized spacial score (nSPS) is 22.5.